The number of aromatic nitrogens is 4. The third kappa shape index (κ3) is 2.98. The molecule has 0 saturated heterocycles. The quantitative estimate of drug-likeness (QED) is 0.544. The average molecular weight is 398 g/mol. The van der Waals surface area contributed by atoms with Crippen molar-refractivity contribution in [3.8, 4) is 11.3 Å². The van der Waals surface area contributed by atoms with Crippen LogP contribution in [0.1, 0.15) is 26.5 Å². The molecule has 1 amide bonds. The molecule has 8 heteroatoms. The van der Waals surface area contributed by atoms with Crippen molar-refractivity contribution in [2.45, 2.75) is 20.8 Å². The van der Waals surface area contributed by atoms with Crippen molar-refractivity contribution in [3.05, 3.63) is 62.7 Å². The maximum Gasteiger partial charge on any atom is 0.276 e. The van der Waals surface area contributed by atoms with Gasteiger partial charge < -0.3 is 5.32 Å². The molecule has 0 atom stereocenters. The minimum Gasteiger partial charge on any atom is -0.304 e. The van der Waals surface area contributed by atoms with E-state index in [1.165, 1.54) is 11.3 Å². The van der Waals surface area contributed by atoms with E-state index in [-0.39, 0.29) is 5.91 Å². The van der Waals surface area contributed by atoms with Crippen LogP contribution < -0.4 is 5.32 Å². The van der Waals surface area contributed by atoms with Crippen LogP contribution in [-0.4, -0.2) is 25.5 Å². The number of aryl methyl sites for hydroxylation is 2. The number of thiazole rings is 1. The lowest BCUT2D eigenvalue weighted by atomic mass is 10.0. The number of carbonyl (C=O) groups excluding carboxylic acids is 1. The zero-order valence-corrected chi connectivity index (χ0v) is 16.5. The monoisotopic (exact) mass is 397 g/mol. The lowest BCUT2D eigenvalue weighted by Crippen LogP contribution is -2.15. The number of nitrogens with zero attached hydrogens (tertiary/aromatic N) is 4. The zero-order valence-electron chi connectivity index (χ0n) is 14.9. The van der Waals surface area contributed by atoms with Gasteiger partial charge in [0.15, 0.2) is 11.5 Å². The normalized spacial score (nSPS) is 11.1. The zero-order chi connectivity index (χ0) is 19.1. The van der Waals surface area contributed by atoms with Crippen molar-refractivity contribution < 1.29 is 4.79 Å². The third-order valence-corrected chi connectivity index (χ3v) is 5.61. The molecule has 0 spiro atoms. The van der Waals surface area contributed by atoms with Crippen LogP contribution >= 0.6 is 22.9 Å². The van der Waals surface area contributed by atoms with E-state index < -0.39 is 0 Å². The number of anilines is 1. The van der Waals surface area contributed by atoms with Gasteiger partial charge in [-0.05, 0) is 38.0 Å². The van der Waals surface area contributed by atoms with E-state index in [0.29, 0.717) is 22.2 Å². The van der Waals surface area contributed by atoms with Crippen LogP contribution in [0.5, 0.6) is 0 Å². The van der Waals surface area contributed by atoms with E-state index >= 15 is 0 Å². The van der Waals surface area contributed by atoms with E-state index in [2.05, 4.69) is 15.3 Å². The van der Waals surface area contributed by atoms with Gasteiger partial charge in [-0.15, -0.1) is 11.3 Å². The summed E-state index contributed by atoms with van der Waals surface area (Å²) in [7, 11) is 0. The van der Waals surface area contributed by atoms with Gasteiger partial charge in [0.2, 0.25) is 0 Å². The minimum absolute atomic E-state index is 0.283. The Morgan fingerprint density at radius 3 is 2.63 bits per heavy atom. The van der Waals surface area contributed by atoms with Crippen LogP contribution in [0.25, 0.3) is 16.9 Å². The molecule has 0 saturated carbocycles. The number of amides is 1. The summed E-state index contributed by atoms with van der Waals surface area (Å²) >= 11 is 7.81. The lowest BCUT2D eigenvalue weighted by molar-refractivity contribution is 0.102. The molecule has 6 nitrogen and oxygen atoms in total. The first-order valence-electron chi connectivity index (χ1n) is 8.28. The van der Waals surface area contributed by atoms with Crippen molar-refractivity contribution in [1.82, 2.24) is 19.6 Å². The first-order chi connectivity index (χ1) is 13.0. The molecule has 4 rings (SSSR count). The van der Waals surface area contributed by atoms with Gasteiger partial charge in [-0.2, -0.15) is 9.61 Å². The lowest BCUT2D eigenvalue weighted by Gasteiger charge is -2.12. The van der Waals surface area contributed by atoms with Crippen LogP contribution in [0.4, 0.5) is 5.82 Å². The number of nitrogens with one attached hydrogen (secondary N) is 1. The maximum absolute atomic E-state index is 12.5. The molecule has 0 radical (unpaired) electrons. The highest BCUT2D eigenvalue weighted by Crippen LogP contribution is 2.31. The smallest absolute Gasteiger partial charge is 0.276 e. The molecule has 3 aromatic heterocycles. The van der Waals surface area contributed by atoms with Crippen LogP contribution in [0.3, 0.4) is 0 Å². The number of hydrogen-bond acceptors (Lipinski definition) is 5. The minimum atomic E-state index is -0.283. The van der Waals surface area contributed by atoms with Crippen molar-refractivity contribution in [2.75, 3.05) is 5.32 Å². The first-order valence-corrected chi connectivity index (χ1v) is 9.54. The second-order valence-electron chi connectivity index (χ2n) is 6.17. The maximum atomic E-state index is 12.5. The van der Waals surface area contributed by atoms with E-state index in [1.807, 2.05) is 45.0 Å². The van der Waals surface area contributed by atoms with Crippen molar-refractivity contribution in [3.63, 3.8) is 0 Å². The standard InChI is InChI=1S/C19H16ClN5OS/c1-10-11(2)18-21-8-15(23-19(26)17-12(3)27-9-22-17)25(18)24-16(10)13-6-4-5-7-14(13)20/h4-9H,1-3H3,(H,23,26). The number of benzene rings is 1. The number of fused-ring (bicyclic) bond motifs is 1. The molecule has 136 valence electrons. The van der Waals surface area contributed by atoms with Crippen molar-refractivity contribution in [1.29, 1.82) is 0 Å². The molecule has 0 aliphatic carbocycles. The highest BCUT2D eigenvalue weighted by molar-refractivity contribution is 7.09. The Balaban J connectivity index is 1.84. The highest BCUT2D eigenvalue weighted by Gasteiger charge is 2.19. The van der Waals surface area contributed by atoms with Crippen LogP contribution in [-0.2, 0) is 0 Å². The second kappa shape index (κ2) is 6.75. The largest absolute Gasteiger partial charge is 0.304 e. The Morgan fingerprint density at radius 1 is 1.15 bits per heavy atom. The van der Waals surface area contributed by atoms with Crippen LogP contribution in [0.15, 0.2) is 36.0 Å². The average Bonchev–Trinajstić information content (AvgIpc) is 3.25. The molecule has 0 bridgehead atoms. The van der Waals surface area contributed by atoms with Crippen LogP contribution in [0.2, 0.25) is 5.02 Å². The molecule has 1 N–H and O–H groups in total. The fourth-order valence-electron chi connectivity index (χ4n) is 2.92. The van der Waals surface area contributed by atoms with Crippen molar-refractivity contribution in [2.24, 2.45) is 0 Å². The molecule has 0 unspecified atom stereocenters. The molecule has 3 heterocycles. The van der Waals surface area contributed by atoms with Gasteiger partial charge in [0.25, 0.3) is 5.91 Å². The van der Waals surface area contributed by atoms with E-state index in [1.54, 1.807) is 16.2 Å². The summed E-state index contributed by atoms with van der Waals surface area (Å²) in [5, 5.41) is 8.20. The Morgan fingerprint density at radius 2 is 1.93 bits per heavy atom. The summed E-state index contributed by atoms with van der Waals surface area (Å²) in [6, 6.07) is 7.56. The molecule has 4 aromatic rings. The SMILES string of the molecule is Cc1scnc1C(=O)Nc1cnc2c(C)c(C)c(-c3ccccc3Cl)nn12. The van der Waals surface area contributed by atoms with Gasteiger partial charge in [-0.25, -0.2) is 9.97 Å². The Bertz CT molecular complexity index is 1180. The summed E-state index contributed by atoms with van der Waals surface area (Å²) in [5.74, 6) is 0.202. The van der Waals surface area contributed by atoms with Gasteiger partial charge in [-0.1, -0.05) is 29.8 Å². The molecule has 27 heavy (non-hydrogen) atoms. The van der Waals surface area contributed by atoms with E-state index in [0.717, 1.165) is 27.3 Å². The summed E-state index contributed by atoms with van der Waals surface area (Å²) < 4.78 is 1.64. The summed E-state index contributed by atoms with van der Waals surface area (Å²) in [5.41, 5.74) is 6.31. The molecule has 1 aromatic carbocycles. The fraction of sp³-hybridized carbons (Fsp3) is 0.158. The number of carbonyl (C=O) groups is 1. The summed E-state index contributed by atoms with van der Waals surface area (Å²) in [4.78, 5) is 22.0. The van der Waals surface area contributed by atoms with Gasteiger partial charge in [0.05, 0.1) is 22.4 Å². The highest BCUT2D eigenvalue weighted by atomic mass is 35.5. The molecule has 0 fully saturated rings. The predicted octanol–water partition coefficient (Wildman–Crippen LogP) is 4.68. The summed E-state index contributed by atoms with van der Waals surface area (Å²) in [6.07, 6.45) is 1.60. The predicted molar refractivity (Wildman–Crippen MR) is 108 cm³/mol. The van der Waals surface area contributed by atoms with E-state index in [4.69, 9.17) is 16.7 Å². The number of rotatable bonds is 3. The molecule has 0 aliphatic heterocycles. The van der Waals surface area contributed by atoms with E-state index in [9.17, 15) is 4.79 Å². The topological polar surface area (TPSA) is 72.2 Å². The third-order valence-electron chi connectivity index (χ3n) is 4.52. The number of hydrogen-bond donors (Lipinski definition) is 1. The van der Waals surface area contributed by atoms with Gasteiger partial charge >= 0.3 is 0 Å². The fourth-order valence-corrected chi connectivity index (χ4v) is 3.71. The Kier molecular flexibility index (Phi) is 4.41. The number of halogens is 1. The number of imidazole rings is 1. The van der Waals surface area contributed by atoms with Gasteiger partial charge in [-0.3, -0.25) is 4.79 Å². The van der Waals surface area contributed by atoms with Gasteiger partial charge in [0, 0.05) is 10.4 Å². The first kappa shape index (κ1) is 17.6. The molecular formula is C19H16ClN5OS. The second-order valence-corrected chi connectivity index (χ2v) is 7.63. The van der Waals surface area contributed by atoms with Gasteiger partial charge in [0.1, 0.15) is 5.69 Å². The Hall–Kier alpha value is -2.77. The van der Waals surface area contributed by atoms with Crippen molar-refractivity contribution >= 4 is 40.3 Å². The molecular weight excluding hydrogens is 382 g/mol. The molecule has 0 aliphatic rings. The Labute approximate surface area is 164 Å². The summed E-state index contributed by atoms with van der Waals surface area (Å²) in [6.45, 7) is 5.84. The van der Waals surface area contributed by atoms with Crippen LogP contribution in [0, 0.1) is 20.8 Å².